The van der Waals surface area contributed by atoms with E-state index in [9.17, 15) is 13.2 Å². The molecule has 2 heterocycles. The zero-order valence-electron chi connectivity index (χ0n) is 8.47. The van der Waals surface area contributed by atoms with E-state index in [0.717, 1.165) is 0 Å². The topological polar surface area (TPSA) is 17.8 Å². The van der Waals surface area contributed by atoms with Crippen molar-refractivity contribution in [2.45, 2.75) is 26.1 Å². The standard InChI is InChI=1S/C9H8BrF3N2S/c1-4(2)15-3-5-7(14-15)6(10)8(16-5)9(11,12)13/h3-4H,1-2H3. The number of alkyl halides is 3. The number of rotatable bonds is 1. The average Bonchev–Trinajstić information content (AvgIpc) is 2.64. The molecule has 0 bridgehead atoms. The summed E-state index contributed by atoms with van der Waals surface area (Å²) in [6, 6.07) is 0.140. The Hall–Kier alpha value is -0.560. The molecule has 2 rings (SSSR count). The van der Waals surface area contributed by atoms with Crippen molar-refractivity contribution in [2.24, 2.45) is 0 Å². The van der Waals surface area contributed by atoms with Gasteiger partial charge < -0.3 is 0 Å². The van der Waals surface area contributed by atoms with Gasteiger partial charge in [-0.15, -0.1) is 11.3 Å². The lowest BCUT2D eigenvalue weighted by molar-refractivity contribution is -0.134. The third-order valence-electron chi connectivity index (χ3n) is 2.10. The minimum Gasteiger partial charge on any atom is -0.268 e. The van der Waals surface area contributed by atoms with Crippen LogP contribution in [0.1, 0.15) is 24.8 Å². The van der Waals surface area contributed by atoms with Gasteiger partial charge >= 0.3 is 6.18 Å². The molecule has 2 aromatic heterocycles. The predicted molar refractivity (Wildman–Crippen MR) is 60.7 cm³/mol. The lowest BCUT2D eigenvalue weighted by atomic mass is 10.4. The van der Waals surface area contributed by atoms with E-state index in [-0.39, 0.29) is 10.5 Å². The molecule has 2 aromatic rings. The molecule has 0 atom stereocenters. The molecule has 0 spiro atoms. The number of halogens is 4. The highest BCUT2D eigenvalue weighted by Gasteiger charge is 2.36. The van der Waals surface area contributed by atoms with Crippen LogP contribution in [0.15, 0.2) is 10.7 Å². The molecule has 0 radical (unpaired) electrons. The van der Waals surface area contributed by atoms with E-state index < -0.39 is 11.1 Å². The molecule has 0 unspecified atom stereocenters. The summed E-state index contributed by atoms with van der Waals surface area (Å²) in [5.41, 5.74) is 0.381. The van der Waals surface area contributed by atoms with Gasteiger partial charge in [-0.25, -0.2) is 0 Å². The quantitative estimate of drug-likeness (QED) is 0.760. The van der Waals surface area contributed by atoms with Gasteiger partial charge in [-0.05, 0) is 29.8 Å². The first kappa shape index (κ1) is 11.9. The SMILES string of the molecule is CC(C)n1cc2sc(C(F)(F)F)c(Br)c2n1. The van der Waals surface area contributed by atoms with Crippen molar-refractivity contribution >= 4 is 37.5 Å². The molecule has 0 saturated carbocycles. The zero-order valence-corrected chi connectivity index (χ0v) is 10.9. The fraction of sp³-hybridized carbons (Fsp3) is 0.444. The summed E-state index contributed by atoms with van der Waals surface area (Å²) in [6.45, 7) is 3.85. The second kappa shape index (κ2) is 3.73. The van der Waals surface area contributed by atoms with E-state index in [1.165, 1.54) is 0 Å². The Morgan fingerprint density at radius 1 is 1.44 bits per heavy atom. The van der Waals surface area contributed by atoms with Crippen molar-refractivity contribution < 1.29 is 13.2 Å². The summed E-state index contributed by atoms with van der Waals surface area (Å²) in [5.74, 6) is 0. The van der Waals surface area contributed by atoms with E-state index in [1.807, 2.05) is 13.8 Å². The third-order valence-corrected chi connectivity index (χ3v) is 4.30. The Bertz CT molecular complexity index is 527. The van der Waals surface area contributed by atoms with Gasteiger partial charge in [0.15, 0.2) is 0 Å². The van der Waals surface area contributed by atoms with Crippen LogP contribution in [-0.4, -0.2) is 9.78 Å². The Morgan fingerprint density at radius 3 is 2.50 bits per heavy atom. The summed E-state index contributed by atoms with van der Waals surface area (Å²) < 4.78 is 40.0. The largest absolute Gasteiger partial charge is 0.426 e. The second-order valence-electron chi connectivity index (χ2n) is 3.66. The van der Waals surface area contributed by atoms with E-state index in [4.69, 9.17) is 0 Å². The van der Waals surface area contributed by atoms with Gasteiger partial charge in [-0.3, -0.25) is 4.68 Å². The van der Waals surface area contributed by atoms with Crippen LogP contribution in [0.3, 0.4) is 0 Å². The molecule has 0 saturated heterocycles. The van der Waals surface area contributed by atoms with Crippen molar-refractivity contribution in [1.82, 2.24) is 9.78 Å². The minimum absolute atomic E-state index is 0.0411. The maximum atomic E-state index is 12.6. The summed E-state index contributed by atoms with van der Waals surface area (Å²) in [6.07, 6.45) is -2.68. The molecule has 0 N–H and O–H groups in total. The summed E-state index contributed by atoms with van der Waals surface area (Å²) >= 11 is 3.68. The third kappa shape index (κ3) is 1.86. The van der Waals surface area contributed by atoms with Gasteiger partial charge in [0.2, 0.25) is 0 Å². The van der Waals surface area contributed by atoms with Crippen molar-refractivity contribution in [3.63, 3.8) is 0 Å². The lowest BCUT2D eigenvalue weighted by Crippen LogP contribution is -2.03. The highest BCUT2D eigenvalue weighted by Crippen LogP contribution is 2.44. The molecule has 0 aromatic carbocycles. The smallest absolute Gasteiger partial charge is 0.268 e. The van der Waals surface area contributed by atoms with Crippen molar-refractivity contribution in [3.8, 4) is 0 Å². The molecule has 0 aliphatic rings. The Labute approximate surface area is 102 Å². The Kier molecular flexibility index (Phi) is 2.78. The van der Waals surface area contributed by atoms with E-state index >= 15 is 0 Å². The van der Waals surface area contributed by atoms with Crippen LogP contribution in [0.2, 0.25) is 0 Å². The molecule has 7 heteroatoms. The lowest BCUT2D eigenvalue weighted by Gasteiger charge is -2.05. The number of hydrogen-bond donors (Lipinski definition) is 0. The van der Waals surface area contributed by atoms with Crippen LogP contribution in [-0.2, 0) is 6.18 Å². The first-order chi connectivity index (χ1) is 7.30. The van der Waals surface area contributed by atoms with Gasteiger partial charge in [-0.2, -0.15) is 18.3 Å². The number of thiophene rings is 1. The van der Waals surface area contributed by atoms with Crippen molar-refractivity contribution in [3.05, 3.63) is 15.5 Å². The molecule has 0 aliphatic carbocycles. The number of nitrogens with zero attached hydrogens (tertiary/aromatic N) is 2. The van der Waals surface area contributed by atoms with Crippen LogP contribution < -0.4 is 0 Å². The maximum Gasteiger partial charge on any atom is 0.426 e. The molecule has 0 amide bonds. The predicted octanol–water partition coefficient (Wildman–Crippen LogP) is 4.46. The van der Waals surface area contributed by atoms with Gasteiger partial charge in [0, 0.05) is 12.2 Å². The van der Waals surface area contributed by atoms with Crippen LogP contribution in [0.5, 0.6) is 0 Å². The van der Waals surface area contributed by atoms with Crippen LogP contribution >= 0.6 is 27.3 Å². The molecule has 2 nitrogen and oxygen atoms in total. The van der Waals surface area contributed by atoms with E-state index in [0.29, 0.717) is 21.6 Å². The highest BCUT2D eigenvalue weighted by molar-refractivity contribution is 9.10. The summed E-state index contributed by atoms with van der Waals surface area (Å²) in [7, 11) is 0. The highest BCUT2D eigenvalue weighted by atomic mass is 79.9. The second-order valence-corrected chi connectivity index (χ2v) is 5.50. The molecule has 0 fully saturated rings. The normalized spacial score (nSPS) is 12.9. The fourth-order valence-electron chi connectivity index (χ4n) is 1.31. The summed E-state index contributed by atoms with van der Waals surface area (Å²) in [5, 5.41) is 4.13. The summed E-state index contributed by atoms with van der Waals surface area (Å²) in [4.78, 5) is -0.624. The van der Waals surface area contributed by atoms with Crippen LogP contribution in [0.25, 0.3) is 10.2 Å². The minimum atomic E-state index is -4.32. The number of aromatic nitrogens is 2. The monoisotopic (exact) mass is 312 g/mol. The average molecular weight is 313 g/mol. The van der Waals surface area contributed by atoms with Gasteiger partial charge in [0.05, 0.1) is 9.17 Å². The van der Waals surface area contributed by atoms with Crippen LogP contribution in [0.4, 0.5) is 13.2 Å². The van der Waals surface area contributed by atoms with Gasteiger partial charge in [0.1, 0.15) is 10.4 Å². The van der Waals surface area contributed by atoms with Crippen molar-refractivity contribution in [1.29, 1.82) is 0 Å². The zero-order chi connectivity index (χ0) is 12.1. The number of fused-ring (bicyclic) bond motifs is 1. The van der Waals surface area contributed by atoms with Gasteiger partial charge in [0.25, 0.3) is 0 Å². The fourth-order valence-corrected chi connectivity index (χ4v) is 3.12. The molecule has 88 valence electrons. The molecular formula is C9H8BrF3N2S. The number of hydrogen-bond acceptors (Lipinski definition) is 2. The first-order valence-electron chi connectivity index (χ1n) is 4.55. The van der Waals surface area contributed by atoms with E-state index in [2.05, 4.69) is 21.0 Å². The first-order valence-corrected chi connectivity index (χ1v) is 6.16. The maximum absolute atomic E-state index is 12.6. The molecule has 16 heavy (non-hydrogen) atoms. The van der Waals surface area contributed by atoms with E-state index in [1.54, 1.807) is 10.9 Å². The molecular weight excluding hydrogens is 305 g/mol. The van der Waals surface area contributed by atoms with Crippen LogP contribution in [0, 0.1) is 0 Å². The Morgan fingerprint density at radius 2 is 2.06 bits per heavy atom. The Balaban J connectivity index is 2.60. The van der Waals surface area contributed by atoms with Gasteiger partial charge in [-0.1, -0.05) is 0 Å². The molecule has 0 aliphatic heterocycles. The van der Waals surface area contributed by atoms with Crippen molar-refractivity contribution in [2.75, 3.05) is 0 Å².